The highest BCUT2D eigenvalue weighted by molar-refractivity contribution is 7.12. The minimum Gasteiger partial charge on any atom is -0.351 e. The molecule has 0 aliphatic heterocycles. The Labute approximate surface area is 155 Å². The van der Waals surface area contributed by atoms with E-state index in [4.69, 9.17) is 0 Å². The molecule has 4 rings (SSSR count). The molecule has 4 aromatic rings. The van der Waals surface area contributed by atoms with E-state index in [-0.39, 0.29) is 5.91 Å². The van der Waals surface area contributed by atoms with Gasteiger partial charge in [0.1, 0.15) is 5.82 Å². The van der Waals surface area contributed by atoms with Gasteiger partial charge in [0, 0.05) is 24.7 Å². The van der Waals surface area contributed by atoms with E-state index in [9.17, 15) is 4.79 Å². The summed E-state index contributed by atoms with van der Waals surface area (Å²) in [5.41, 5.74) is 4.05. The number of benzene rings is 1. The maximum atomic E-state index is 12.6. The van der Waals surface area contributed by atoms with Crippen LogP contribution in [-0.2, 0) is 6.42 Å². The summed E-state index contributed by atoms with van der Waals surface area (Å²) in [5, 5.41) is 13.3. The summed E-state index contributed by atoms with van der Waals surface area (Å²) in [6.07, 6.45) is 2.56. The van der Waals surface area contributed by atoms with Gasteiger partial charge in [-0.1, -0.05) is 35.9 Å². The molecule has 0 aliphatic rings. The zero-order valence-corrected chi connectivity index (χ0v) is 15.2. The van der Waals surface area contributed by atoms with E-state index in [1.165, 1.54) is 16.9 Å². The summed E-state index contributed by atoms with van der Waals surface area (Å²) in [7, 11) is 0. The third kappa shape index (κ3) is 3.23. The van der Waals surface area contributed by atoms with Crippen molar-refractivity contribution in [3.63, 3.8) is 0 Å². The zero-order valence-electron chi connectivity index (χ0n) is 14.3. The molecule has 5 nitrogen and oxygen atoms in total. The van der Waals surface area contributed by atoms with Crippen molar-refractivity contribution in [3.8, 4) is 11.1 Å². The predicted molar refractivity (Wildman–Crippen MR) is 104 cm³/mol. The lowest BCUT2D eigenvalue weighted by Gasteiger charge is -2.06. The van der Waals surface area contributed by atoms with Gasteiger partial charge in [-0.25, -0.2) is 0 Å². The molecule has 0 unspecified atom stereocenters. The van der Waals surface area contributed by atoms with Gasteiger partial charge in [0.25, 0.3) is 5.91 Å². The van der Waals surface area contributed by atoms with Gasteiger partial charge >= 0.3 is 0 Å². The molecule has 1 aromatic carbocycles. The Kier molecular flexibility index (Phi) is 4.50. The van der Waals surface area contributed by atoms with Crippen molar-refractivity contribution in [3.05, 3.63) is 76.4 Å². The van der Waals surface area contributed by atoms with Crippen molar-refractivity contribution in [2.75, 3.05) is 6.54 Å². The van der Waals surface area contributed by atoms with Crippen LogP contribution in [0.25, 0.3) is 16.8 Å². The number of hydrogen-bond donors (Lipinski definition) is 1. The number of nitrogens with one attached hydrogen (secondary N) is 1. The molecule has 0 fully saturated rings. The van der Waals surface area contributed by atoms with E-state index >= 15 is 0 Å². The van der Waals surface area contributed by atoms with E-state index in [1.54, 1.807) is 0 Å². The van der Waals surface area contributed by atoms with Crippen LogP contribution in [0, 0.1) is 6.92 Å². The number of pyridine rings is 1. The average molecular weight is 362 g/mol. The van der Waals surface area contributed by atoms with Crippen molar-refractivity contribution < 1.29 is 4.79 Å². The number of amides is 1. The van der Waals surface area contributed by atoms with Crippen LogP contribution in [0.15, 0.2) is 60.1 Å². The molecule has 1 N–H and O–H groups in total. The van der Waals surface area contributed by atoms with Crippen LogP contribution in [0.5, 0.6) is 0 Å². The Morgan fingerprint density at radius 3 is 2.81 bits per heavy atom. The third-order valence-corrected chi connectivity index (χ3v) is 5.17. The smallest absolute Gasteiger partial charge is 0.262 e. The molecular weight excluding hydrogens is 344 g/mol. The molecule has 0 saturated carbocycles. The highest BCUT2D eigenvalue weighted by Gasteiger charge is 2.14. The molecule has 0 spiro atoms. The second-order valence-electron chi connectivity index (χ2n) is 6.08. The lowest BCUT2D eigenvalue weighted by atomic mass is 10.0. The summed E-state index contributed by atoms with van der Waals surface area (Å²) in [6.45, 7) is 2.57. The van der Waals surface area contributed by atoms with E-state index in [0.717, 1.165) is 27.5 Å². The van der Waals surface area contributed by atoms with Crippen LogP contribution < -0.4 is 5.32 Å². The number of nitrogens with zero attached hydrogens (tertiary/aromatic N) is 3. The standard InChI is InChI=1S/C20H18N4OS/c1-14-5-7-15(8-6-14)16-10-13-26-19(16)20(25)21-11-9-18-23-22-17-4-2-3-12-24(17)18/h2-8,10,12-13H,9,11H2,1H3,(H,21,25). The van der Waals surface area contributed by atoms with Crippen LogP contribution >= 0.6 is 11.3 Å². The van der Waals surface area contributed by atoms with Crippen LogP contribution in [-0.4, -0.2) is 27.0 Å². The van der Waals surface area contributed by atoms with Crippen LogP contribution in [0.4, 0.5) is 0 Å². The minimum atomic E-state index is -0.0515. The van der Waals surface area contributed by atoms with Crippen molar-refractivity contribution in [1.82, 2.24) is 19.9 Å². The second kappa shape index (κ2) is 7.09. The van der Waals surface area contributed by atoms with E-state index in [1.807, 2.05) is 40.2 Å². The van der Waals surface area contributed by atoms with Crippen molar-refractivity contribution in [2.24, 2.45) is 0 Å². The fourth-order valence-electron chi connectivity index (χ4n) is 2.88. The SMILES string of the molecule is Cc1ccc(-c2ccsc2C(=O)NCCc2nnc3ccccn23)cc1. The highest BCUT2D eigenvalue weighted by atomic mass is 32.1. The molecule has 3 heterocycles. The summed E-state index contributed by atoms with van der Waals surface area (Å²) in [4.78, 5) is 13.4. The van der Waals surface area contributed by atoms with E-state index in [2.05, 4.69) is 46.7 Å². The number of fused-ring (bicyclic) bond motifs is 1. The molecule has 1 amide bonds. The quantitative estimate of drug-likeness (QED) is 0.588. The van der Waals surface area contributed by atoms with Crippen molar-refractivity contribution in [1.29, 1.82) is 0 Å². The van der Waals surface area contributed by atoms with Gasteiger partial charge < -0.3 is 5.32 Å². The van der Waals surface area contributed by atoms with Crippen LogP contribution in [0.2, 0.25) is 0 Å². The van der Waals surface area contributed by atoms with Gasteiger partial charge in [0.15, 0.2) is 5.65 Å². The zero-order chi connectivity index (χ0) is 17.9. The Bertz CT molecular complexity index is 1050. The number of carbonyl (C=O) groups excluding carboxylic acids is 1. The first kappa shape index (κ1) is 16.5. The Morgan fingerprint density at radius 1 is 1.12 bits per heavy atom. The van der Waals surface area contributed by atoms with Crippen molar-refractivity contribution >= 4 is 22.9 Å². The molecule has 0 bridgehead atoms. The molecule has 26 heavy (non-hydrogen) atoms. The summed E-state index contributed by atoms with van der Waals surface area (Å²) in [6, 6.07) is 16.0. The van der Waals surface area contributed by atoms with Gasteiger partial charge in [-0.05, 0) is 36.1 Å². The maximum Gasteiger partial charge on any atom is 0.262 e. The largest absolute Gasteiger partial charge is 0.351 e. The van der Waals surface area contributed by atoms with E-state index < -0.39 is 0 Å². The van der Waals surface area contributed by atoms with Gasteiger partial charge in [0.05, 0.1) is 4.88 Å². The first-order chi connectivity index (χ1) is 12.7. The molecule has 0 saturated heterocycles. The number of carbonyl (C=O) groups is 1. The summed E-state index contributed by atoms with van der Waals surface area (Å²) < 4.78 is 1.94. The number of aryl methyl sites for hydroxylation is 1. The topological polar surface area (TPSA) is 59.3 Å². The highest BCUT2D eigenvalue weighted by Crippen LogP contribution is 2.28. The maximum absolute atomic E-state index is 12.6. The van der Waals surface area contributed by atoms with E-state index in [0.29, 0.717) is 13.0 Å². The van der Waals surface area contributed by atoms with Crippen LogP contribution in [0.1, 0.15) is 21.1 Å². The number of rotatable bonds is 5. The molecule has 0 aliphatic carbocycles. The second-order valence-corrected chi connectivity index (χ2v) is 7.00. The fourth-order valence-corrected chi connectivity index (χ4v) is 3.71. The summed E-state index contributed by atoms with van der Waals surface area (Å²) >= 11 is 1.46. The van der Waals surface area contributed by atoms with Gasteiger partial charge in [0.2, 0.25) is 0 Å². The average Bonchev–Trinajstić information content (AvgIpc) is 3.30. The Morgan fingerprint density at radius 2 is 1.96 bits per heavy atom. The normalized spacial score (nSPS) is 11.0. The monoisotopic (exact) mass is 362 g/mol. The van der Waals surface area contributed by atoms with Gasteiger partial charge in [-0.15, -0.1) is 21.5 Å². The fraction of sp³-hybridized carbons (Fsp3) is 0.150. The molecular formula is C20H18N4OS. The first-order valence-electron chi connectivity index (χ1n) is 8.44. The van der Waals surface area contributed by atoms with Gasteiger partial charge in [-0.3, -0.25) is 9.20 Å². The third-order valence-electron chi connectivity index (χ3n) is 4.25. The predicted octanol–water partition coefficient (Wildman–Crippen LogP) is 3.74. The molecule has 0 radical (unpaired) electrons. The molecule has 130 valence electrons. The summed E-state index contributed by atoms with van der Waals surface area (Å²) in [5.74, 6) is 0.787. The van der Waals surface area contributed by atoms with Gasteiger partial charge in [-0.2, -0.15) is 0 Å². The number of aromatic nitrogens is 3. The Balaban J connectivity index is 1.44. The van der Waals surface area contributed by atoms with Crippen LogP contribution in [0.3, 0.4) is 0 Å². The molecule has 3 aromatic heterocycles. The number of thiophene rings is 1. The molecule has 6 heteroatoms. The van der Waals surface area contributed by atoms with Crippen molar-refractivity contribution in [2.45, 2.75) is 13.3 Å². The Hall–Kier alpha value is -2.99. The number of hydrogen-bond acceptors (Lipinski definition) is 4. The minimum absolute atomic E-state index is 0.0515. The lowest BCUT2D eigenvalue weighted by Crippen LogP contribution is -2.25. The molecule has 0 atom stereocenters. The first-order valence-corrected chi connectivity index (χ1v) is 9.32. The lowest BCUT2D eigenvalue weighted by molar-refractivity contribution is 0.0958.